The molecule has 1 amide bonds. The van der Waals surface area contributed by atoms with Gasteiger partial charge in [-0.2, -0.15) is 13.2 Å². The van der Waals surface area contributed by atoms with Gasteiger partial charge in [0.25, 0.3) is 0 Å². The normalized spacial score (nSPS) is 13.1. The van der Waals surface area contributed by atoms with Crippen LogP contribution in [0.1, 0.15) is 12.1 Å². The summed E-state index contributed by atoms with van der Waals surface area (Å²) < 4.78 is 41.7. The number of pyridine rings is 1. The Kier molecular flexibility index (Phi) is 5.25. The number of carbonyl (C=O) groups excluding carboxylic acids is 1. The van der Waals surface area contributed by atoms with Crippen LogP contribution >= 0.6 is 0 Å². The smallest absolute Gasteiger partial charge is 0.380 e. The summed E-state index contributed by atoms with van der Waals surface area (Å²) >= 11 is 0. The average Bonchev–Trinajstić information content (AvgIpc) is 2.35. The predicted molar refractivity (Wildman–Crippen MR) is 62.3 cm³/mol. The van der Waals surface area contributed by atoms with Gasteiger partial charge in [0.1, 0.15) is 5.69 Å². The summed E-state index contributed by atoms with van der Waals surface area (Å²) in [5, 5.41) is 2.42. The zero-order valence-corrected chi connectivity index (χ0v) is 10.2. The number of methoxy groups -OCH3 is 1. The van der Waals surface area contributed by atoms with Crippen molar-refractivity contribution in [2.24, 2.45) is 5.73 Å². The van der Waals surface area contributed by atoms with Crippen LogP contribution in [0.3, 0.4) is 0 Å². The average molecular weight is 277 g/mol. The summed E-state index contributed by atoms with van der Waals surface area (Å²) in [6, 6.07) is 1.93. The standard InChI is InChI=1S/C11H14F3N3O2/c1-19-8(5-15)4-10(18)17-7-2-3-9(16-6-7)11(12,13)14/h2-3,6,8H,4-5,15H2,1H3,(H,17,18). The fourth-order valence-corrected chi connectivity index (χ4v) is 1.32. The Morgan fingerprint density at radius 2 is 2.21 bits per heavy atom. The van der Waals surface area contributed by atoms with Gasteiger partial charge in [-0.15, -0.1) is 0 Å². The van der Waals surface area contributed by atoms with Gasteiger partial charge in [0.2, 0.25) is 5.91 Å². The lowest BCUT2D eigenvalue weighted by Crippen LogP contribution is -2.28. The van der Waals surface area contributed by atoms with Gasteiger partial charge in [-0.3, -0.25) is 4.79 Å². The molecule has 0 spiro atoms. The molecule has 0 aliphatic rings. The van der Waals surface area contributed by atoms with Crippen molar-refractivity contribution in [1.82, 2.24) is 4.98 Å². The maximum atomic E-state index is 12.3. The second-order valence-electron chi connectivity index (χ2n) is 3.78. The number of ether oxygens (including phenoxy) is 1. The van der Waals surface area contributed by atoms with E-state index in [-0.39, 0.29) is 18.7 Å². The van der Waals surface area contributed by atoms with Crippen molar-refractivity contribution in [1.29, 1.82) is 0 Å². The zero-order valence-electron chi connectivity index (χ0n) is 10.2. The molecule has 1 atom stereocenters. The maximum Gasteiger partial charge on any atom is 0.433 e. The third-order valence-electron chi connectivity index (χ3n) is 2.35. The molecular weight excluding hydrogens is 263 g/mol. The molecule has 1 rings (SSSR count). The van der Waals surface area contributed by atoms with Crippen molar-refractivity contribution in [2.45, 2.75) is 18.7 Å². The van der Waals surface area contributed by atoms with E-state index in [2.05, 4.69) is 10.3 Å². The highest BCUT2D eigenvalue weighted by molar-refractivity contribution is 5.90. The number of hydrogen-bond acceptors (Lipinski definition) is 4. The molecule has 0 bridgehead atoms. The Labute approximate surface area is 108 Å². The quantitative estimate of drug-likeness (QED) is 0.853. The number of anilines is 1. The lowest BCUT2D eigenvalue weighted by molar-refractivity contribution is -0.141. The van der Waals surface area contributed by atoms with Crippen LogP contribution in [0.15, 0.2) is 18.3 Å². The SMILES string of the molecule is COC(CN)CC(=O)Nc1ccc(C(F)(F)F)nc1. The van der Waals surface area contributed by atoms with E-state index >= 15 is 0 Å². The molecule has 0 fully saturated rings. The summed E-state index contributed by atoms with van der Waals surface area (Å²) in [7, 11) is 1.42. The first-order valence-electron chi connectivity index (χ1n) is 5.42. The number of carbonyl (C=O) groups is 1. The van der Waals surface area contributed by atoms with Crippen LogP contribution in [0.2, 0.25) is 0 Å². The minimum Gasteiger partial charge on any atom is -0.380 e. The van der Waals surface area contributed by atoms with Gasteiger partial charge in [0.05, 0.1) is 24.4 Å². The number of nitrogens with two attached hydrogens (primary N) is 1. The maximum absolute atomic E-state index is 12.3. The van der Waals surface area contributed by atoms with Crippen LogP contribution in [0.25, 0.3) is 0 Å². The van der Waals surface area contributed by atoms with E-state index in [4.69, 9.17) is 10.5 Å². The molecule has 19 heavy (non-hydrogen) atoms. The van der Waals surface area contributed by atoms with E-state index in [1.165, 1.54) is 7.11 Å². The molecule has 106 valence electrons. The lowest BCUT2D eigenvalue weighted by atomic mass is 10.2. The molecule has 1 aromatic rings. The first kappa shape index (κ1) is 15.4. The Hall–Kier alpha value is -1.67. The van der Waals surface area contributed by atoms with E-state index in [9.17, 15) is 18.0 Å². The number of hydrogen-bond donors (Lipinski definition) is 2. The number of rotatable bonds is 5. The van der Waals surface area contributed by atoms with Crippen molar-refractivity contribution in [3.63, 3.8) is 0 Å². The van der Waals surface area contributed by atoms with Crippen LogP contribution in [0.4, 0.5) is 18.9 Å². The van der Waals surface area contributed by atoms with Crippen molar-refractivity contribution in [3.05, 3.63) is 24.0 Å². The highest BCUT2D eigenvalue weighted by Crippen LogP contribution is 2.27. The van der Waals surface area contributed by atoms with Crippen LogP contribution in [-0.2, 0) is 15.7 Å². The summed E-state index contributed by atoms with van der Waals surface area (Å²) in [6.07, 6.45) is -3.95. The van der Waals surface area contributed by atoms with Crippen LogP contribution in [-0.4, -0.2) is 30.6 Å². The molecule has 0 radical (unpaired) electrons. The largest absolute Gasteiger partial charge is 0.433 e. The van der Waals surface area contributed by atoms with Crippen molar-refractivity contribution >= 4 is 11.6 Å². The molecule has 1 heterocycles. The van der Waals surface area contributed by atoms with Gasteiger partial charge in [-0.05, 0) is 12.1 Å². The van der Waals surface area contributed by atoms with E-state index in [1.54, 1.807) is 0 Å². The fourth-order valence-electron chi connectivity index (χ4n) is 1.32. The number of aromatic nitrogens is 1. The van der Waals surface area contributed by atoms with Gasteiger partial charge in [0.15, 0.2) is 0 Å². The van der Waals surface area contributed by atoms with E-state index < -0.39 is 23.9 Å². The zero-order chi connectivity index (χ0) is 14.5. The van der Waals surface area contributed by atoms with Gasteiger partial charge in [-0.25, -0.2) is 4.98 Å². The second-order valence-corrected chi connectivity index (χ2v) is 3.78. The van der Waals surface area contributed by atoms with Gasteiger partial charge in [0, 0.05) is 13.7 Å². The molecule has 3 N–H and O–H groups in total. The Bertz CT molecular complexity index is 416. The van der Waals surface area contributed by atoms with Crippen LogP contribution in [0, 0.1) is 0 Å². The van der Waals surface area contributed by atoms with Gasteiger partial charge >= 0.3 is 6.18 Å². The second kappa shape index (κ2) is 6.48. The number of halogens is 3. The highest BCUT2D eigenvalue weighted by atomic mass is 19.4. The molecule has 1 unspecified atom stereocenters. The number of alkyl halides is 3. The molecular formula is C11H14F3N3O2. The molecule has 0 aromatic carbocycles. The van der Waals surface area contributed by atoms with Crippen LogP contribution in [0.5, 0.6) is 0 Å². The molecule has 0 saturated heterocycles. The topological polar surface area (TPSA) is 77.2 Å². The first-order valence-corrected chi connectivity index (χ1v) is 5.42. The first-order chi connectivity index (χ1) is 8.86. The van der Waals surface area contributed by atoms with E-state index in [0.29, 0.717) is 0 Å². The van der Waals surface area contributed by atoms with E-state index in [0.717, 1.165) is 18.3 Å². The summed E-state index contributed by atoms with van der Waals surface area (Å²) in [5.41, 5.74) is 4.52. The fraction of sp³-hybridized carbons (Fsp3) is 0.455. The lowest BCUT2D eigenvalue weighted by Gasteiger charge is -2.12. The summed E-state index contributed by atoms with van der Waals surface area (Å²) in [4.78, 5) is 14.8. The molecule has 0 saturated carbocycles. The van der Waals surface area contributed by atoms with Crippen molar-refractivity contribution < 1.29 is 22.7 Å². The molecule has 8 heteroatoms. The highest BCUT2D eigenvalue weighted by Gasteiger charge is 2.32. The van der Waals surface area contributed by atoms with E-state index in [1.807, 2.05) is 0 Å². The molecule has 0 aliphatic carbocycles. The predicted octanol–water partition coefficient (Wildman–Crippen LogP) is 1.40. The minimum absolute atomic E-state index is 0.0218. The molecule has 0 aliphatic heterocycles. The number of amides is 1. The summed E-state index contributed by atoms with van der Waals surface area (Å²) in [6.45, 7) is 0.176. The Morgan fingerprint density at radius 3 is 2.63 bits per heavy atom. The number of nitrogens with zero attached hydrogens (tertiary/aromatic N) is 1. The monoisotopic (exact) mass is 277 g/mol. The van der Waals surface area contributed by atoms with Gasteiger partial charge in [-0.1, -0.05) is 0 Å². The van der Waals surface area contributed by atoms with Crippen LogP contribution < -0.4 is 11.1 Å². The molecule has 5 nitrogen and oxygen atoms in total. The van der Waals surface area contributed by atoms with Crippen molar-refractivity contribution in [3.8, 4) is 0 Å². The minimum atomic E-state index is -4.50. The number of nitrogens with one attached hydrogen (secondary N) is 1. The van der Waals surface area contributed by atoms with Gasteiger partial charge < -0.3 is 15.8 Å². The summed E-state index contributed by atoms with van der Waals surface area (Å²) in [5.74, 6) is -0.404. The molecule has 1 aromatic heterocycles. The van der Waals surface area contributed by atoms with Crippen molar-refractivity contribution in [2.75, 3.05) is 19.0 Å². The third-order valence-corrected chi connectivity index (χ3v) is 2.35. The Morgan fingerprint density at radius 1 is 1.53 bits per heavy atom. The third kappa shape index (κ3) is 4.84. The Balaban J connectivity index is 2.61.